The highest BCUT2D eigenvalue weighted by molar-refractivity contribution is 5.19. The molecule has 0 unspecified atom stereocenters. The van der Waals surface area contributed by atoms with Gasteiger partial charge in [0.05, 0.1) is 0 Å². The van der Waals surface area contributed by atoms with Gasteiger partial charge in [-0.1, -0.05) is 13.3 Å². The zero-order valence-electron chi connectivity index (χ0n) is 5.91. The maximum Gasteiger partial charge on any atom is 0.217 e. The molecule has 0 aliphatic carbocycles. The largest absolute Gasteiger partial charge is 0.493 e. The zero-order chi connectivity index (χ0) is 7.40. The van der Waals surface area contributed by atoms with Gasteiger partial charge in [-0.3, -0.25) is 0 Å². The Morgan fingerprint density at radius 1 is 1.60 bits per heavy atom. The topological polar surface area (TPSA) is 46.0 Å². The van der Waals surface area contributed by atoms with Crippen LogP contribution >= 0.6 is 0 Å². The van der Waals surface area contributed by atoms with Gasteiger partial charge in [-0.05, 0) is 6.42 Å². The van der Waals surface area contributed by atoms with Crippen molar-refractivity contribution >= 4 is 0 Å². The summed E-state index contributed by atoms with van der Waals surface area (Å²) < 4.78 is 0. The van der Waals surface area contributed by atoms with E-state index in [1.807, 2.05) is 6.92 Å². The van der Waals surface area contributed by atoms with Gasteiger partial charge < -0.3 is 5.11 Å². The summed E-state index contributed by atoms with van der Waals surface area (Å²) in [5.41, 5.74) is 0.824. The molecule has 1 rings (SSSR count). The fourth-order valence-electron chi connectivity index (χ4n) is 0.798. The lowest BCUT2D eigenvalue weighted by Gasteiger charge is -1.97. The van der Waals surface area contributed by atoms with Crippen molar-refractivity contribution in [1.82, 2.24) is 9.97 Å². The van der Waals surface area contributed by atoms with Crippen molar-refractivity contribution in [2.45, 2.75) is 19.8 Å². The van der Waals surface area contributed by atoms with E-state index in [1.54, 1.807) is 6.20 Å². The third-order valence-electron chi connectivity index (χ3n) is 1.28. The third-order valence-corrected chi connectivity index (χ3v) is 1.28. The molecule has 0 aliphatic heterocycles. The van der Waals surface area contributed by atoms with Gasteiger partial charge in [-0.2, -0.15) is 0 Å². The van der Waals surface area contributed by atoms with Crippen LogP contribution in [0, 0.1) is 0 Å². The Hall–Kier alpha value is -1.12. The maximum absolute atomic E-state index is 9.09. The fourth-order valence-corrected chi connectivity index (χ4v) is 0.798. The van der Waals surface area contributed by atoms with Crippen LogP contribution in [0.25, 0.3) is 0 Å². The van der Waals surface area contributed by atoms with Gasteiger partial charge in [0.2, 0.25) is 5.88 Å². The van der Waals surface area contributed by atoms with Gasteiger partial charge in [0, 0.05) is 11.8 Å². The smallest absolute Gasteiger partial charge is 0.217 e. The first kappa shape index (κ1) is 6.99. The zero-order valence-corrected chi connectivity index (χ0v) is 5.91. The summed E-state index contributed by atoms with van der Waals surface area (Å²) in [5, 5.41) is 9.09. The van der Waals surface area contributed by atoms with E-state index < -0.39 is 0 Å². The molecule has 3 heteroatoms. The number of hydrogen-bond donors (Lipinski definition) is 1. The first-order valence-electron chi connectivity index (χ1n) is 3.32. The number of aryl methyl sites for hydroxylation is 1. The fraction of sp³-hybridized carbons (Fsp3) is 0.429. The summed E-state index contributed by atoms with van der Waals surface area (Å²) >= 11 is 0. The van der Waals surface area contributed by atoms with E-state index in [0.29, 0.717) is 0 Å². The van der Waals surface area contributed by atoms with Gasteiger partial charge in [0.1, 0.15) is 6.33 Å². The van der Waals surface area contributed by atoms with Gasteiger partial charge in [0.15, 0.2) is 0 Å². The first-order chi connectivity index (χ1) is 4.84. The minimum Gasteiger partial charge on any atom is -0.493 e. The summed E-state index contributed by atoms with van der Waals surface area (Å²) in [6.07, 6.45) is 4.83. The number of aromatic nitrogens is 2. The molecular formula is C7H10N2O. The van der Waals surface area contributed by atoms with Crippen molar-refractivity contribution in [1.29, 1.82) is 0 Å². The van der Waals surface area contributed by atoms with Crippen molar-refractivity contribution < 1.29 is 5.11 Å². The van der Waals surface area contributed by atoms with E-state index in [4.69, 9.17) is 5.11 Å². The van der Waals surface area contributed by atoms with Crippen LogP contribution in [0.15, 0.2) is 12.5 Å². The van der Waals surface area contributed by atoms with E-state index in [1.165, 1.54) is 6.33 Å². The van der Waals surface area contributed by atoms with Crippen LogP contribution in [-0.4, -0.2) is 15.1 Å². The van der Waals surface area contributed by atoms with Gasteiger partial charge in [-0.25, -0.2) is 9.97 Å². The lowest BCUT2D eigenvalue weighted by atomic mass is 10.2. The predicted molar refractivity (Wildman–Crippen MR) is 37.7 cm³/mol. The van der Waals surface area contributed by atoms with Crippen LogP contribution in [-0.2, 0) is 6.42 Å². The molecule has 0 saturated carbocycles. The quantitative estimate of drug-likeness (QED) is 0.666. The minimum atomic E-state index is 0.108. The van der Waals surface area contributed by atoms with Gasteiger partial charge >= 0.3 is 0 Å². The van der Waals surface area contributed by atoms with E-state index in [-0.39, 0.29) is 5.88 Å². The molecule has 0 saturated heterocycles. The second kappa shape index (κ2) is 3.15. The maximum atomic E-state index is 9.09. The van der Waals surface area contributed by atoms with Crippen LogP contribution in [0.4, 0.5) is 0 Å². The molecular weight excluding hydrogens is 128 g/mol. The second-order valence-electron chi connectivity index (χ2n) is 2.12. The normalized spacial score (nSPS) is 9.70. The average Bonchev–Trinajstić information content (AvgIpc) is 1.94. The van der Waals surface area contributed by atoms with E-state index in [9.17, 15) is 0 Å². The highest BCUT2D eigenvalue weighted by Gasteiger charge is 1.97. The lowest BCUT2D eigenvalue weighted by molar-refractivity contribution is 0.443. The number of rotatable bonds is 2. The first-order valence-corrected chi connectivity index (χ1v) is 3.32. The second-order valence-corrected chi connectivity index (χ2v) is 2.12. The van der Waals surface area contributed by atoms with E-state index >= 15 is 0 Å². The van der Waals surface area contributed by atoms with Crippen LogP contribution in [0.2, 0.25) is 0 Å². The molecule has 3 nitrogen and oxygen atoms in total. The Kier molecular flexibility index (Phi) is 2.20. The SMILES string of the molecule is CCCc1cncnc1O. The Labute approximate surface area is 59.8 Å². The monoisotopic (exact) mass is 138 g/mol. The van der Waals surface area contributed by atoms with Crippen molar-refractivity contribution in [2.75, 3.05) is 0 Å². The summed E-state index contributed by atoms with van der Waals surface area (Å²) in [7, 11) is 0. The molecule has 0 fully saturated rings. The Morgan fingerprint density at radius 3 is 3.00 bits per heavy atom. The molecule has 0 amide bonds. The van der Waals surface area contributed by atoms with Crippen LogP contribution in [0.3, 0.4) is 0 Å². The molecule has 0 aliphatic rings. The lowest BCUT2D eigenvalue weighted by Crippen LogP contribution is -1.87. The Morgan fingerprint density at radius 2 is 2.40 bits per heavy atom. The number of nitrogens with zero attached hydrogens (tertiary/aromatic N) is 2. The Bertz CT molecular complexity index is 213. The molecule has 0 aromatic carbocycles. The molecule has 0 bridgehead atoms. The van der Waals surface area contributed by atoms with Crippen LogP contribution < -0.4 is 0 Å². The van der Waals surface area contributed by atoms with Crippen molar-refractivity contribution in [3.8, 4) is 5.88 Å². The molecule has 1 N–H and O–H groups in total. The molecule has 0 atom stereocenters. The number of aromatic hydroxyl groups is 1. The summed E-state index contributed by atoms with van der Waals surface area (Å²) in [5.74, 6) is 0.108. The number of hydrogen-bond acceptors (Lipinski definition) is 3. The molecule has 54 valence electrons. The summed E-state index contributed by atoms with van der Waals surface area (Å²) in [6, 6.07) is 0. The molecule has 0 spiro atoms. The van der Waals surface area contributed by atoms with Crippen molar-refractivity contribution in [2.24, 2.45) is 0 Å². The van der Waals surface area contributed by atoms with Crippen LogP contribution in [0.1, 0.15) is 18.9 Å². The predicted octanol–water partition coefficient (Wildman–Crippen LogP) is 1.13. The highest BCUT2D eigenvalue weighted by Crippen LogP contribution is 2.11. The minimum absolute atomic E-state index is 0.108. The van der Waals surface area contributed by atoms with Gasteiger partial charge in [-0.15, -0.1) is 0 Å². The third kappa shape index (κ3) is 1.43. The van der Waals surface area contributed by atoms with E-state index in [0.717, 1.165) is 18.4 Å². The summed E-state index contributed by atoms with van der Waals surface area (Å²) in [4.78, 5) is 7.44. The van der Waals surface area contributed by atoms with E-state index in [2.05, 4.69) is 9.97 Å². The molecule has 1 aromatic heterocycles. The molecule has 1 heterocycles. The van der Waals surface area contributed by atoms with Gasteiger partial charge in [0.25, 0.3) is 0 Å². The Balaban J connectivity index is 2.81. The van der Waals surface area contributed by atoms with Crippen LogP contribution in [0.5, 0.6) is 5.88 Å². The average molecular weight is 138 g/mol. The highest BCUT2D eigenvalue weighted by atomic mass is 16.3. The van der Waals surface area contributed by atoms with Crippen molar-refractivity contribution in [3.63, 3.8) is 0 Å². The molecule has 1 aromatic rings. The standard InChI is InChI=1S/C7H10N2O/c1-2-3-6-4-8-5-9-7(6)10/h4-5H,2-3H2,1H3,(H,8,9,10). The summed E-state index contributed by atoms with van der Waals surface area (Å²) in [6.45, 7) is 2.05. The molecule has 10 heavy (non-hydrogen) atoms. The van der Waals surface area contributed by atoms with Crippen molar-refractivity contribution in [3.05, 3.63) is 18.1 Å². The molecule has 0 radical (unpaired) electrons.